The van der Waals surface area contributed by atoms with Crippen molar-refractivity contribution in [1.82, 2.24) is 15.1 Å². The summed E-state index contributed by atoms with van der Waals surface area (Å²) in [5, 5.41) is 10.3. The topological polar surface area (TPSA) is 59.0 Å². The van der Waals surface area contributed by atoms with E-state index in [2.05, 4.69) is 21.8 Å². The highest BCUT2D eigenvalue weighted by molar-refractivity contribution is 5.89. The standard InChI is InChI=1S/C20H22N4O/c1-15-12-16(2)14-18(13-15)22-20(25)21-10-8-17-9-11-24(23-17)19-6-4-3-5-7-19/h3-7,9,11-14H,8,10H2,1-2H3,(H2,21,22,25). The molecule has 25 heavy (non-hydrogen) atoms. The fourth-order valence-corrected chi connectivity index (χ4v) is 2.75. The maximum absolute atomic E-state index is 12.0. The summed E-state index contributed by atoms with van der Waals surface area (Å²) in [5.74, 6) is 0. The lowest BCUT2D eigenvalue weighted by Crippen LogP contribution is -2.30. The smallest absolute Gasteiger partial charge is 0.319 e. The van der Waals surface area contributed by atoms with E-state index in [0.717, 1.165) is 28.2 Å². The molecule has 5 nitrogen and oxygen atoms in total. The number of amides is 2. The van der Waals surface area contributed by atoms with Gasteiger partial charge in [-0.05, 0) is 55.3 Å². The van der Waals surface area contributed by atoms with Crippen molar-refractivity contribution in [2.45, 2.75) is 20.3 Å². The molecule has 1 heterocycles. The number of hydrogen-bond acceptors (Lipinski definition) is 2. The van der Waals surface area contributed by atoms with Crippen LogP contribution in [0.25, 0.3) is 5.69 Å². The van der Waals surface area contributed by atoms with Crippen LogP contribution in [0.15, 0.2) is 60.8 Å². The summed E-state index contributed by atoms with van der Waals surface area (Å²) in [6, 6.07) is 17.7. The summed E-state index contributed by atoms with van der Waals surface area (Å²) >= 11 is 0. The van der Waals surface area contributed by atoms with Crippen molar-refractivity contribution in [2.75, 3.05) is 11.9 Å². The molecular weight excluding hydrogens is 312 g/mol. The van der Waals surface area contributed by atoms with E-state index >= 15 is 0 Å². The lowest BCUT2D eigenvalue weighted by molar-refractivity contribution is 0.252. The largest absolute Gasteiger partial charge is 0.337 e. The lowest BCUT2D eigenvalue weighted by Gasteiger charge is -2.08. The average molecular weight is 334 g/mol. The van der Waals surface area contributed by atoms with Crippen molar-refractivity contribution in [3.8, 4) is 5.69 Å². The third kappa shape index (κ3) is 4.70. The zero-order valence-electron chi connectivity index (χ0n) is 14.5. The van der Waals surface area contributed by atoms with E-state index in [9.17, 15) is 4.79 Å². The van der Waals surface area contributed by atoms with Crippen molar-refractivity contribution in [1.29, 1.82) is 0 Å². The average Bonchev–Trinajstić information content (AvgIpc) is 3.03. The Morgan fingerprint density at radius 1 is 1.04 bits per heavy atom. The van der Waals surface area contributed by atoms with Crippen molar-refractivity contribution in [3.63, 3.8) is 0 Å². The molecule has 2 N–H and O–H groups in total. The first-order chi connectivity index (χ1) is 12.1. The monoisotopic (exact) mass is 334 g/mol. The van der Waals surface area contributed by atoms with Gasteiger partial charge in [0.15, 0.2) is 0 Å². The summed E-state index contributed by atoms with van der Waals surface area (Å²) in [6.07, 6.45) is 2.61. The summed E-state index contributed by atoms with van der Waals surface area (Å²) < 4.78 is 1.84. The molecule has 0 aliphatic carbocycles. The predicted molar refractivity (Wildman–Crippen MR) is 100 cm³/mol. The highest BCUT2D eigenvalue weighted by Gasteiger charge is 2.04. The number of benzene rings is 2. The first-order valence-corrected chi connectivity index (χ1v) is 8.33. The highest BCUT2D eigenvalue weighted by atomic mass is 16.2. The van der Waals surface area contributed by atoms with Crippen LogP contribution >= 0.6 is 0 Å². The Hall–Kier alpha value is -3.08. The second-order valence-electron chi connectivity index (χ2n) is 6.09. The first kappa shape index (κ1) is 16.8. The Morgan fingerprint density at radius 2 is 1.76 bits per heavy atom. The van der Waals surface area contributed by atoms with E-state index in [1.54, 1.807) is 0 Å². The third-order valence-electron chi connectivity index (χ3n) is 3.81. The lowest BCUT2D eigenvalue weighted by atomic mass is 10.1. The minimum absolute atomic E-state index is 0.201. The van der Waals surface area contributed by atoms with Gasteiger partial charge in [-0.3, -0.25) is 0 Å². The van der Waals surface area contributed by atoms with E-state index in [1.165, 1.54) is 0 Å². The first-order valence-electron chi connectivity index (χ1n) is 8.33. The van der Waals surface area contributed by atoms with Gasteiger partial charge in [0.1, 0.15) is 0 Å². The van der Waals surface area contributed by atoms with Crippen molar-refractivity contribution < 1.29 is 4.79 Å². The molecule has 2 amide bonds. The van der Waals surface area contributed by atoms with Gasteiger partial charge in [0.2, 0.25) is 0 Å². The second-order valence-corrected chi connectivity index (χ2v) is 6.09. The molecular formula is C20H22N4O. The molecule has 0 saturated carbocycles. The van der Waals surface area contributed by atoms with Crippen LogP contribution in [0.3, 0.4) is 0 Å². The van der Waals surface area contributed by atoms with Crippen LogP contribution < -0.4 is 10.6 Å². The molecule has 0 bridgehead atoms. The normalized spacial score (nSPS) is 10.5. The number of carbonyl (C=O) groups excluding carboxylic acids is 1. The molecule has 0 atom stereocenters. The third-order valence-corrected chi connectivity index (χ3v) is 3.81. The molecule has 0 unspecified atom stereocenters. The number of urea groups is 1. The highest BCUT2D eigenvalue weighted by Crippen LogP contribution is 2.13. The maximum Gasteiger partial charge on any atom is 0.319 e. The number of carbonyl (C=O) groups is 1. The summed E-state index contributed by atoms with van der Waals surface area (Å²) in [6.45, 7) is 4.56. The molecule has 0 radical (unpaired) electrons. The molecule has 3 aromatic rings. The summed E-state index contributed by atoms with van der Waals surface area (Å²) in [4.78, 5) is 12.0. The number of nitrogens with one attached hydrogen (secondary N) is 2. The minimum Gasteiger partial charge on any atom is -0.337 e. The zero-order valence-corrected chi connectivity index (χ0v) is 14.5. The second kappa shape index (κ2) is 7.66. The Labute approximate surface area is 147 Å². The number of aromatic nitrogens is 2. The van der Waals surface area contributed by atoms with Gasteiger partial charge in [0.25, 0.3) is 0 Å². The van der Waals surface area contributed by atoms with Crippen molar-refractivity contribution in [2.24, 2.45) is 0 Å². The molecule has 128 valence electrons. The Morgan fingerprint density at radius 3 is 2.48 bits per heavy atom. The van der Waals surface area contributed by atoms with Crippen LogP contribution in [-0.4, -0.2) is 22.4 Å². The Bertz CT molecular complexity index is 835. The van der Waals surface area contributed by atoms with Crippen LogP contribution in [0.5, 0.6) is 0 Å². The number of para-hydroxylation sites is 1. The Kier molecular flexibility index (Phi) is 5.14. The molecule has 2 aromatic carbocycles. The fraction of sp³-hybridized carbons (Fsp3) is 0.200. The van der Waals surface area contributed by atoms with E-state index in [-0.39, 0.29) is 6.03 Å². The molecule has 0 fully saturated rings. The van der Waals surface area contributed by atoms with Gasteiger partial charge in [0, 0.05) is 24.8 Å². The minimum atomic E-state index is -0.201. The van der Waals surface area contributed by atoms with Gasteiger partial charge in [-0.2, -0.15) is 5.10 Å². The molecule has 0 spiro atoms. The van der Waals surface area contributed by atoms with Crippen LogP contribution in [0, 0.1) is 13.8 Å². The van der Waals surface area contributed by atoms with Crippen LogP contribution in [0.4, 0.5) is 10.5 Å². The molecule has 0 aliphatic heterocycles. The van der Waals surface area contributed by atoms with E-state index in [4.69, 9.17) is 0 Å². The number of rotatable bonds is 5. The number of aryl methyl sites for hydroxylation is 2. The van der Waals surface area contributed by atoms with Crippen LogP contribution in [0.2, 0.25) is 0 Å². The SMILES string of the molecule is Cc1cc(C)cc(NC(=O)NCCc2ccn(-c3ccccc3)n2)c1. The van der Waals surface area contributed by atoms with Crippen LogP contribution in [0.1, 0.15) is 16.8 Å². The van der Waals surface area contributed by atoms with E-state index in [1.807, 2.05) is 73.3 Å². The fourth-order valence-electron chi connectivity index (χ4n) is 2.75. The number of anilines is 1. The summed E-state index contributed by atoms with van der Waals surface area (Å²) in [5.41, 5.74) is 5.02. The van der Waals surface area contributed by atoms with Crippen molar-refractivity contribution in [3.05, 3.63) is 77.6 Å². The maximum atomic E-state index is 12.0. The van der Waals surface area contributed by atoms with Gasteiger partial charge < -0.3 is 10.6 Å². The number of nitrogens with zero attached hydrogens (tertiary/aromatic N) is 2. The molecule has 3 rings (SSSR count). The van der Waals surface area contributed by atoms with Gasteiger partial charge in [-0.1, -0.05) is 24.3 Å². The van der Waals surface area contributed by atoms with E-state index in [0.29, 0.717) is 13.0 Å². The van der Waals surface area contributed by atoms with Crippen molar-refractivity contribution >= 4 is 11.7 Å². The molecule has 1 aromatic heterocycles. The number of hydrogen-bond donors (Lipinski definition) is 2. The molecule has 0 aliphatic rings. The van der Waals surface area contributed by atoms with E-state index < -0.39 is 0 Å². The predicted octanol–water partition coefficient (Wildman–Crippen LogP) is 3.85. The quantitative estimate of drug-likeness (QED) is 0.744. The van der Waals surface area contributed by atoms with Crippen LogP contribution in [-0.2, 0) is 6.42 Å². The summed E-state index contributed by atoms with van der Waals surface area (Å²) in [7, 11) is 0. The van der Waals surface area contributed by atoms with Gasteiger partial charge in [0.05, 0.1) is 11.4 Å². The van der Waals surface area contributed by atoms with Gasteiger partial charge >= 0.3 is 6.03 Å². The Balaban J connectivity index is 1.49. The molecule has 5 heteroatoms. The van der Waals surface area contributed by atoms with Gasteiger partial charge in [-0.15, -0.1) is 0 Å². The zero-order chi connectivity index (χ0) is 17.6. The molecule has 0 saturated heterocycles. The van der Waals surface area contributed by atoms with Gasteiger partial charge in [-0.25, -0.2) is 9.48 Å².